The molecule has 2 saturated heterocycles. The molecule has 3 heteroatoms. The molecule has 0 aromatic carbocycles. The van der Waals surface area contributed by atoms with E-state index < -0.39 is 0 Å². The van der Waals surface area contributed by atoms with Crippen LogP contribution in [0.4, 0.5) is 0 Å². The van der Waals surface area contributed by atoms with Crippen LogP contribution in [-0.4, -0.2) is 29.8 Å². The highest BCUT2D eigenvalue weighted by Gasteiger charge is 2.41. The smallest absolute Gasteiger partial charge is 0.188 e. The molecular weight excluding hydrogens is 176 g/mol. The highest BCUT2D eigenvalue weighted by molar-refractivity contribution is 6.06. The van der Waals surface area contributed by atoms with Crippen molar-refractivity contribution in [3.8, 4) is 0 Å². The fraction of sp³-hybridized carbons (Fsp3) is 0.545. The Labute approximate surface area is 83.5 Å². The molecule has 1 N–H and O–H groups in total. The van der Waals surface area contributed by atoms with Crippen LogP contribution >= 0.6 is 0 Å². The van der Waals surface area contributed by atoms with E-state index in [4.69, 9.17) is 0 Å². The van der Waals surface area contributed by atoms with Gasteiger partial charge in [-0.3, -0.25) is 4.79 Å². The number of nitrogens with zero attached hydrogens (tertiary/aromatic N) is 1. The highest BCUT2D eigenvalue weighted by Crippen LogP contribution is 2.35. The Morgan fingerprint density at radius 3 is 3.29 bits per heavy atom. The zero-order chi connectivity index (χ0) is 9.54. The van der Waals surface area contributed by atoms with Gasteiger partial charge >= 0.3 is 0 Å². The lowest BCUT2D eigenvalue weighted by molar-refractivity contribution is -0.118. The number of fused-ring (bicyclic) bond motifs is 3. The van der Waals surface area contributed by atoms with Gasteiger partial charge in [-0.25, -0.2) is 0 Å². The average molecular weight is 190 g/mol. The summed E-state index contributed by atoms with van der Waals surface area (Å²) in [7, 11) is 0. The predicted molar refractivity (Wildman–Crippen MR) is 53.5 cm³/mol. The lowest BCUT2D eigenvalue weighted by Gasteiger charge is -2.30. The minimum atomic E-state index is 0.154. The SMILES string of the molecule is O=C1C2=CNCC=C2N2CCCCC12. The fourth-order valence-corrected chi connectivity index (χ4v) is 2.64. The quantitative estimate of drug-likeness (QED) is 0.613. The van der Waals surface area contributed by atoms with Crippen molar-refractivity contribution in [1.82, 2.24) is 10.2 Å². The molecule has 3 rings (SSSR count). The predicted octanol–water partition coefficient (Wildman–Crippen LogP) is 0.795. The van der Waals surface area contributed by atoms with Crippen molar-refractivity contribution in [2.45, 2.75) is 25.3 Å². The van der Waals surface area contributed by atoms with Crippen LogP contribution in [0.2, 0.25) is 0 Å². The van der Waals surface area contributed by atoms with E-state index in [0.717, 1.165) is 25.1 Å². The third-order valence-electron chi connectivity index (χ3n) is 3.32. The maximum atomic E-state index is 12.0. The van der Waals surface area contributed by atoms with Crippen molar-refractivity contribution in [3.05, 3.63) is 23.5 Å². The Bertz CT molecular complexity index is 343. The van der Waals surface area contributed by atoms with E-state index in [1.54, 1.807) is 0 Å². The molecule has 0 radical (unpaired) electrons. The fourth-order valence-electron chi connectivity index (χ4n) is 2.64. The van der Waals surface area contributed by atoms with Crippen LogP contribution in [0.3, 0.4) is 0 Å². The second-order valence-electron chi connectivity index (χ2n) is 4.12. The average Bonchev–Trinajstić information content (AvgIpc) is 2.55. The van der Waals surface area contributed by atoms with Crippen molar-refractivity contribution in [2.75, 3.05) is 13.1 Å². The molecule has 14 heavy (non-hydrogen) atoms. The van der Waals surface area contributed by atoms with Crippen LogP contribution in [0.25, 0.3) is 0 Å². The number of allylic oxidation sites excluding steroid dienone is 1. The standard InChI is InChI=1S/C11H14N2O/c14-11-8-7-12-5-4-9(8)13-6-2-1-3-10(11)13/h4,7,10,12H,1-3,5-6H2. The molecule has 3 nitrogen and oxygen atoms in total. The molecule has 0 aromatic heterocycles. The molecule has 0 bridgehead atoms. The van der Waals surface area contributed by atoms with Gasteiger partial charge in [0.05, 0.1) is 11.6 Å². The summed E-state index contributed by atoms with van der Waals surface area (Å²) in [5.41, 5.74) is 2.08. The van der Waals surface area contributed by atoms with Gasteiger partial charge < -0.3 is 10.2 Å². The number of piperidine rings is 1. The molecule has 74 valence electrons. The molecule has 0 amide bonds. The Morgan fingerprint density at radius 1 is 1.43 bits per heavy atom. The second-order valence-corrected chi connectivity index (χ2v) is 4.12. The number of hydrogen-bond donors (Lipinski definition) is 1. The van der Waals surface area contributed by atoms with Crippen LogP contribution in [0.1, 0.15) is 19.3 Å². The summed E-state index contributed by atoms with van der Waals surface area (Å²) < 4.78 is 0. The normalized spacial score (nSPS) is 30.1. The van der Waals surface area contributed by atoms with E-state index in [1.165, 1.54) is 18.5 Å². The van der Waals surface area contributed by atoms with Crippen molar-refractivity contribution in [2.24, 2.45) is 0 Å². The van der Waals surface area contributed by atoms with Gasteiger partial charge in [-0.1, -0.05) is 0 Å². The molecule has 0 spiro atoms. The van der Waals surface area contributed by atoms with E-state index in [2.05, 4.69) is 16.3 Å². The number of carbonyl (C=O) groups excluding carboxylic acids is 1. The van der Waals surface area contributed by atoms with Crippen molar-refractivity contribution < 1.29 is 4.79 Å². The number of nitrogens with one attached hydrogen (secondary N) is 1. The van der Waals surface area contributed by atoms with Crippen LogP contribution in [0.15, 0.2) is 23.5 Å². The number of rotatable bonds is 0. The Hall–Kier alpha value is -1.25. The van der Waals surface area contributed by atoms with Crippen LogP contribution in [0, 0.1) is 0 Å². The minimum Gasteiger partial charge on any atom is -0.387 e. The molecule has 0 saturated carbocycles. The Balaban J connectivity index is 2.02. The minimum absolute atomic E-state index is 0.154. The molecule has 3 aliphatic rings. The zero-order valence-electron chi connectivity index (χ0n) is 8.12. The number of hydrogen-bond acceptors (Lipinski definition) is 3. The first-order valence-corrected chi connectivity index (χ1v) is 5.33. The first-order chi connectivity index (χ1) is 6.88. The van der Waals surface area contributed by atoms with Crippen LogP contribution in [0.5, 0.6) is 0 Å². The number of carbonyl (C=O) groups is 1. The first-order valence-electron chi connectivity index (χ1n) is 5.33. The zero-order valence-corrected chi connectivity index (χ0v) is 8.12. The van der Waals surface area contributed by atoms with Gasteiger partial charge in [-0.05, 0) is 25.3 Å². The molecule has 0 aliphatic carbocycles. The van der Waals surface area contributed by atoms with E-state index in [-0.39, 0.29) is 6.04 Å². The largest absolute Gasteiger partial charge is 0.387 e. The third kappa shape index (κ3) is 0.953. The topological polar surface area (TPSA) is 32.3 Å². The highest BCUT2D eigenvalue weighted by atomic mass is 16.1. The van der Waals surface area contributed by atoms with Gasteiger partial charge in [0.1, 0.15) is 0 Å². The summed E-state index contributed by atoms with van der Waals surface area (Å²) in [6.07, 6.45) is 7.48. The van der Waals surface area contributed by atoms with E-state index in [0.29, 0.717) is 5.78 Å². The maximum Gasteiger partial charge on any atom is 0.188 e. The number of Topliss-reactive ketones (excluding diaryl/α,β-unsaturated/α-hetero) is 1. The van der Waals surface area contributed by atoms with Crippen molar-refractivity contribution in [3.63, 3.8) is 0 Å². The van der Waals surface area contributed by atoms with E-state index >= 15 is 0 Å². The van der Waals surface area contributed by atoms with Crippen molar-refractivity contribution in [1.29, 1.82) is 0 Å². The van der Waals surface area contributed by atoms with Crippen LogP contribution in [-0.2, 0) is 4.79 Å². The van der Waals surface area contributed by atoms with Gasteiger partial charge in [-0.2, -0.15) is 0 Å². The number of ketones is 1. The van der Waals surface area contributed by atoms with Gasteiger partial charge in [0, 0.05) is 25.0 Å². The van der Waals surface area contributed by atoms with Gasteiger partial charge in [-0.15, -0.1) is 0 Å². The molecule has 1 unspecified atom stereocenters. The van der Waals surface area contributed by atoms with Gasteiger partial charge in [0.15, 0.2) is 5.78 Å². The summed E-state index contributed by atoms with van der Waals surface area (Å²) in [5.74, 6) is 0.322. The number of dihydropyridines is 1. The summed E-state index contributed by atoms with van der Waals surface area (Å²) in [6, 6.07) is 0.154. The molecule has 0 aromatic rings. The van der Waals surface area contributed by atoms with E-state index in [1.807, 2.05) is 6.20 Å². The monoisotopic (exact) mass is 190 g/mol. The lowest BCUT2D eigenvalue weighted by Crippen LogP contribution is -2.36. The molecular formula is C11H14N2O. The Kier molecular flexibility index (Phi) is 1.66. The maximum absolute atomic E-state index is 12.0. The third-order valence-corrected chi connectivity index (χ3v) is 3.32. The molecule has 1 atom stereocenters. The first kappa shape index (κ1) is 8.09. The summed E-state index contributed by atoms with van der Waals surface area (Å²) >= 11 is 0. The van der Waals surface area contributed by atoms with E-state index in [9.17, 15) is 4.79 Å². The molecule has 3 aliphatic heterocycles. The van der Waals surface area contributed by atoms with Gasteiger partial charge in [0.2, 0.25) is 0 Å². The Morgan fingerprint density at radius 2 is 2.36 bits per heavy atom. The summed E-state index contributed by atoms with van der Waals surface area (Å²) in [5, 5.41) is 3.11. The van der Waals surface area contributed by atoms with Crippen molar-refractivity contribution >= 4 is 5.78 Å². The molecule has 3 heterocycles. The lowest BCUT2D eigenvalue weighted by atomic mass is 10.0. The second kappa shape index (κ2) is 2.87. The summed E-state index contributed by atoms with van der Waals surface area (Å²) in [4.78, 5) is 14.3. The molecule has 2 fully saturated rings. The summed E-state index contributed by atoms with van der Waals surface area (Å²) in [6.45, 7) is 1.91. The van der Waals surface area contributed by atoms with Gasteiger partial charge in [0.25, 0.3) is 0 Å². The van der Waals surface area contributed by atoms with Crippen LogP contribution < -0.4 is 5.32 Å².